The fourth-order valence-electron chi connectivity index (χ4n) is 2.24. The number of allylic oxidation sites excluding steroid dienone is 1. The zero-order valence-electron chi connectivity index (χ0n) is 13.4. The van der Waals surface area contributed by atoms with Gasteiger partial charge in [0.05, 0.1) is 7.11 Å². The minimum atomic E-state index is 0.222. The maximum Gasteiger partial charge on any atom is 0.155 e. The molecule has 0 atom stereocenters. The second kappa shape index (κ2) is 11.1. The molecule has 0 bridgehead atoms. The van der Waals surface area contributed by atoms with Gasteiger partial charge in [-0.3, -0.25) is 4.79 Å². The molecule has 2 heteroatoms. The molecule has 0 unspecified atom stereocenters. The number of unbranched alkanes of at least 4 members (excludes halogenated alkanes) is 6. The number of rotatable bonds is 11. The third kappa shape index (κ3) is 8.34. The maximum atomic E-state index is 11.8. The van der Waals surface area contributed by atoms with E-state index in [0.29, 0.717) is 6.42 Å². The maximum absolute atomic E-state index is 11.8. The van der Waals surface area contributed by atoms with E-state index in [1.807, 2.05) is 30.3 Å². The molecule has 0 spiro atoms. The molecule has 0 fully saturated rings. The number of carbonyl (C=O) groups is 1. The fourth-order valence-corrected chi connectivity index (χ4v) is 2.24. The Hall–Kier alpha value is -1.57. The van der Waals surface area contributed by atoms with Gasteiger partial charge in [-0.2, -0.15) is 0 Å². The second-order valence-corrected chi connectivity index (χ2v) is 5.44. The number of benzene rings is 1. The molecule has 116 valence electrons. The highest BCUT2D eigenvalue weighted by Crippen LogP contribution is 2.13. The van der Waals surface area contributed by atoms with Crippen LogP contribution in [0.4, 0.5) is 0 Å². The monoisotopic (exact) mass is 288 g/mol. The van der Waals surface area contributed by atoms with Gasteiger partial charge in [0.2, 0.25) is 0 Å². The number of hydrogen-bond donors (Lipinski definition) is 0. The molecule has 0 aliphatic heterocycles. The molecule has 0 amide bonds. The quantitative estimate of drug-likeness (QED) is 0.401. The Labute approximate surface area is 129 Å². The molecule has 0 N–H and O–H groups in total. The van der Waals surface area contributed by atoms with E-state index < -0.39 is 0 Å². The molecule has 2 nitrogen and oxygen atoms in total. The van der Waals surface area contributed by atoms with E-state index in [0.717, 1.165) is 17.7 Å². The van der Waals surface area contributed by atoms with E-state index in [4.69, 9.17) is 4.74 Å². The van der Waals surface area contributed by atoms with Crippen molar-refractivity contribution >= 4 is 11.9 Å². The van der Waals surface area contributed by atoms with Crippen LogP contribution in [0, 0.1) is 0 Å². The first kappa shape index (κ1) is 17.5. The molecule has 1 aromatic rings. The molecule has 0 heterocycles. The summed E-state index contributed by atoms with van der Waals surface area (Å²) in [6, 6.07) is 7.72. The Morgan fingerprint density at radius 2 is 1.62 bits per heavy atom. The Morgan fingerprint density at radius 1 is 1.00 bits per heavy atom. The minimum absolute atomic E-state index is 0.222. The summed E-state index contributed by atoms with van der Waals surface area (Å²) >= 11 is 0. The number of ether oxygens (including phenoxy) is 1. The highest BCUT2D eigenvalue weighted by molar-refractivity contribution is 5.93. The van der Waals surface area contributed by atoms with Gasteiger partial charge in [0, 0.05) is 6.42 Å². The summed E-state index contributed by atoms with van der Waals surface area (Å²) in [5.74, 6) is 1.06. The lowest BCUT2D eigenvalue weighted by Gasteiger charge is -2.00. The van der Waals surface area contributed by atoms with Crippen molar-refractivity contribution in [3.8, 4) is 5.75 Å². The summed E-state index contributed by atoms with van der Waals surface area (Å²) in [6.45, 7) is 2.23. The van der Waals surface area contributed by atoms with Crippen LogP contribution in [-0.2, 0) is 4.79 Å². The van der Waals surface area contributed by atoms with Crippen LogP contribution in [0.25, 0.3) is 6.08 Å². The molecule has 0 aromatic heterocycles. The Balaban J connectivity index is 2.16. The SMILES string of the molecule is CCCCCCCCCC(=O)/C=C/c1ccc(OC)cc1. The Bertz CT molecular complexity index is 418. The second-order valence-electron chi connectivity index (χ2n) is 5.44. The zero-order valence-corrected chi connectivity index (χ0v) is 13.4. The predicted molar refractivity (Wildman–Crippen MR) is 89.6 cm³/mol. The fraction of sp³-hybridized carbons (Fsp3) is 0.526. The standard InChI is InChI=1S/C19H28O2/c1-3-4-5-6-7-8-9-10-18(20)14-11-17-12-15-19(21-2)16-13-17/h11-16H,3-10H2,1-2H3/b14-11+. The van der Waals surface area contributed by atoms with Gasteiger partial charge in [0.15, 0.2) is 5.78 Å². The van der Waals surface area contributed by atoms with Crippen LogP contribution in [0.5, 0.6) is 5.75 Å². The molecule has 0 saturated carbocycles. The first-order chi connectivity index (χ1) is 10.3. The third-order valence-electron chi connectivity index (χ3n) is 3.60. The van der Waals surface area contributed by atoms with E-state index in [9.17, 15) is 4.79 Å². The van der Waals surface area contributed by atoms with Crippen molar-refractivity contribution in [1.82, 2.24) is 0 Å². The molecule has 0 radical (unpaired) electrons. The molecule has 1 aromatic carbocycles. The van der Waals surface area contributed by atoms with Gasteiger partial charge in [-0.1, -0.05) is 63.7 Å². The van der Waals surface area contributed by atoms with Crippen molar-refractivity contribution < 1.29 is 9.53 Å². The van der Waals surface area contributed by atoms with Crippen LogP contribution < -0.4 is 4.74 Å². The molecular formula is C19H28O2. The summed E-state index contributed by atoms with van der Waals surface area (Å²) in [5, 5.41) is 0. The first-order valence-corrected chi connectivity index (χ1v) is 8.11. The summed E-state index contributed by atoms with van der Waals surface area (Å²) in [7, 11) is 1.65. The van der Waals surface area contributed by atoms with E-state index in [1.165, 1.54) is 38.5 Å². The number of ketones is 1. The molecule has 0 saturated heterocycles. The van der Waals surface area contributed by atoms with Gasteiger partial charge >= 0.3 is 0 Å². The lowest BCUT2D eigenvalue weighted by atomic mass is 10.1. The molecule has 21 heavy (non-hydrogen) atoms. The summed E-state index contributed by atoms with van der Waals surface area (Å²) in [5.41, 5.74) is 1.03. The lowest BCUT2D eigenvalue weighted by molar-refractivity contribution is -0.114. The van der Waals surface area contributed by atoms with Gasteiger partial charge in [0.25, 0.3) is 0 Å². The average molecular weight is 288 g/mol. The van der Waals surface area contributed by atoms with E-state index >= 15 is 0 Å². The van der Waals surface area contributed by atoms with Gasteiger partial charge in [-0.15, -0.1) is 0 Å². The molecular weight excluding hydrogens is 260 g/mol. The highest BCUT2D eigenvalue weighted by atomic mass is 16.5. The van der Waals surface area contributed by atoms with E-state index in [2.05, 4.69) is 6.92 Å². The normalized spacial score (nSPS) is 11.0. The van der Waals surface area contributed by atoms with Gasteiger partial charge in [-0.05, 0) is 30.2 Å². The van der Waals surface area contributed by atoms with Crippen molar-refractivity contribution in [3.05, 3.63) is 35.9 Å². The molecule has 0 aliphatic rings. The minimum Gasteiger partial charge on any atom is -0.497 e. The third-order valence-corrected chi connectivity index (χ3v) is 3.60. The van der Waals surface area contributed by atoms with Crippen LogP contribution >= 0.6 is 0 Å². The van der Waals surface area contributed by atoms with Crippen molar-refractivity contribution in [2.45, 2.75) is 58.3 Å². The summed E-state index contributed by atoms with van der Waals surface area (Å²) < 4.78 is 5.10. The van der Waals surface area contributed by atoms with Gasteiger partial charge < -0.3 is 4.74 Å². The molecule has 0 aliphatic carbocycles. The van der Waals surface area contributed by atoms with Gasteiger partial charge in [0.1, 0.15) is 5.75 Å². The predicted octanol–water partition coefficient (Wildman–Crippen LogP) is 5.42. The largest absolute Gasteiger partial charge is 0.497 e. The number of hydrogen-bond acceptors (Lipinski definition) is 2. The number of methoxy groups -OCH3 is 1. The Morgan fingerprint density at radius 3 is 2.24 bits per heavy atom. The van der Waals surface area contributed by atoms with Gasteiger partial charge in [-0.25, -0.2) is 0 Å². The average Bonchev–Trinajstić information content (AvgIpc) is 2.52. The van der Waals surface area contributed by atoms with Crippen LogP contribution in [0.1, 0.15) is 63.9 Å². The van der Waals surface area contributed by atoms with Crippen LogP contribution in [0.15, 0.2) is 30.3 Å². The number of carbonyl (C=O) groups excluding carboxylic acids is 1. The van der Waals surface area contributed by atoms with E-state index in [1.54, 1.807) is 13.2 Å². The Kier molecular flexibility index (Phi) is 9.26. The van der Waals surface area contributed by atoms with Crippen LogP contribution in [-0.4, -0.2) is 12.9 Å². The summed E-state index contributed by atoms with van der Waals surface area (Å²) in [6.07, 6.45) is 12.9. The lowest BCUT2D eigenvalue weighted by Crippen LogP contribution is -1.92. The van der Waals surface area contributed by atoms with Crippen LogP contribution in [0.3, 0.4) is 0 Å². The topological polar surface area (TPSA) is 26.3 Å². The van der Waals surface area contributed by atoms with Crippen LogP contribution in [0.2, 0.25) is 0 Å². The highest BCUT2D eigenvalue weighted by Gasteiger charge is 1.98. The molecule has 1 rings (SSSR count). The smallest absolute Gasteiger partial charge is 0.155 e. The van der Waals surface area contributed by atoms with E-state index in [-0.39, 0.29) is 5.78 Å². The zero-order chi connectivity index (χ0) is 15.3. The van der Waals surface area contributed by atoms with Crippen molar-refractivity contribution in [2.24, 2.45) is 0 Å². The van der Waals surface area contributed by atoms with Crippen molar-refractivity contribution in [3.63, 3.8) is 0 Å². The summed E-state index contributed by atoms with van der Waals surface area (Å²) in [4.78, 5) is 11.8. The van der Waals surface area contributed by atoms with Crippen molar-refractivity contribution in [1.29, 1.82) is 0 Å². The van der Waals surface area contributed by atoms with Crippen molar-refractivity contribution in [2.75, 3.05) is 7.11 Å². The first-order valence-electron chi connectivity index (χ1n) is 8.11.